The minimum Gasteiger partial charge on any atom is -0.465 e. The molecule has 0 amide bonds. The fourth-order valence-corrected chi connectivity index (χ4v) is 2.40. The topological polar surface area (TPSA) is 50.1 Å². The van der Waals surface area contributed by atoms with E-state index in [1.54, 1.807) is 37.3 Å². The predicted molar refractivity (Wildman–Crippen MR) is 80.6 cm³/mol. The molecule has 0 fully saturated rings. The van der Waals surface area contributed by atoms with Crippen LogP contribution in [0.5, 0.6) is 0 Å². The molecule has 0 spiro atoms. The first-order valence-electron chi connectivity index (χ1n) is 7.04. The van der Waals surface area contributed by atoms with Crippen LogP contribution in [0, 0.1) is 17.1 Å². The summed E-state index contributed by atoms with van der Waals surface area (Å²) in [6.45, 7) is 1.94. The molecule has 0 N–H and O–H groups in total. The number of nitrogens with zero attached hydrogens (tertiary/aromatic N) is 1. The molecule has 0 saturated carbocycles. The third-order valence-corrected chi connectivity index (χ3v) is 3.38. The highest BCUT2D eigenvalue weighted by molar-refractivity contribution is 5.80. The highest BCUT2D eigenvalue weighted by Gasteiger charge is 2.32. The van der Waals surface area contributed by atoms with Crippen molar-refractivity contribution in [3.63, 3.8) is 0 Å². The van der Waals surface area contributed by atoms with Gasteiger partial charge in [0.2, 0.25) is 0 Å². The van der Waals surface area contributed by atoms with Crippen molar-refractivity contribution in [3.05, 3.63) is 71.5 Å². The van der Waals surface area contributed by atoms with Gasteiger partial charge in [0.1, 0.15) is 11.7 Å². The van der Waals surface area contributed by atoms with Crippen LogP contribution in [0.1, 0.15) is 29.9 Å². The Morgan fingerprint density at radius 3 is 2.45 bits per heavy atom. The van der Waals surface area contributed by atoms with Crippen molar-refractivity contribution in [1.82, 2.24) is 0 Å². The minimum absolute atomic E-state index is 0.226. The summed E-state index contributed by atoms with van der Waals surface area (Å²) in [5.74, 6) is -2.51. The Morgan fingerprint density at radius 1 is 1.18 bits per heavy atom. The zero-order chi connectivity index (χ0) is 15.9. The third kappa shape index (κ3) is 3.50. The van der Waals surface area contributed by atoms with E-state index in [0.717, 1.165) is 0 Å². The molecule has 2 atom stereocenters. The number of nitriles is 1. The molecule has 2 rings (SSSR count). The molecule has 3 nitrogen and oxygen atoms in total. The maximum atomic E-state index is 13.5. The van der Waals surface area contributed by atoms with Gasteiger partial charge in [-0.25, -0.2) is 4.39 Å². The molecular weight excluding hydrogens is 281 g/mol. The van der Waals surface area contributed by atoms with Gasteiger partial charge in [-0.1, -0.05) is 42.5 Å². The lowest BCUT2D eigenvalue weighted by atomic mass is 9.82. The van der Waals surface area contributed by atoms with Gasteiger partial charge in [-0.3, -0.25) is 4.79 Å². The fraction of sp³-hybridized carbons (Fsp3) is 0.222. The SMILES string of the molecule is CCOC(=O)C(c1ccccc1)C(C#N)c1cccc(F)c1. The average molecular weight is 297 g/mol. The van der Waals surface area contributed by atoms with E-state index in [1.807, 2.05) is 6.07 Å². The molecule has 22 heavy (non-hydrogen) atoms. The normalized spacial score (nSPS) is 13.0. The highest BCUT2D eigenvalue weighted by atomic mass is 19.1. The minimum atomic E-state index is -0.808. The summed E-state index contributed by atoms with van der Waals surface area (Å²) >= 11 is 0. The number of benzene rings is 2. The molecule has 4 heteroatoms. The van der Waals surface area contributed by atoms with Crippen molar-refractivity contribution in [2.24, 2.45) is 0 Å². The van der Waals surface area contributed by atoms with Gasteiger partial charge in [0.25, 0.3) is 0 Å². The smallest absolute Gasteiger partial charge is 0.315 e. The van der Waals surface area contributed by atoms with E-state index in [-0.39, 0.29) is 6.61 Å². The lowest BCUT2D eigenvalue weighted by molar-refractivity contribution is -0.145. The maximum absolute atomic E-state index is 13.5. The Balaban J connectivity index is 2.47. The molecule has 0 aliphatic rings. The van der Waals surface area contributed by atoms with Crippen LogP contribution in [0.3, 0.4) is 0 Å². The Bertz CT molecular complexity index is 679. The van der Waals surface area contributed by atoms with Crippen LogP contribution in [-0.4, -0.2) is 12.6 Å². The van der Waals surface area contributed by atoms with Crippen molar-refractivity contribution >= 4 is 5.97 Å². The zero-order valence-corrected chi connectivity index (χ0v) is 12.2. The lowest BCUT2D eigenvalue weighted by Gasteiger charge is -2.21. The fourth-order valence-electron chi connectivity index (χ4n) is 2.40. The number of esters is 1. The summed E-state index contributed by atoms with van der Waals surface area (Å²) in [5.41, 5.74) is 1.14. The van der Waals surface area contributed by atoms with Gasteiger partial charge in [-0.15, -0.1) is 0 Å². The molecule has 0 radical (unpaired) electrons. The molecule has 0 heterocycles. The van der Waals surface area contributed by atoms with E-state index in [9.17, 15) is 14.4 Å². The quantitative estimate of drug-likeness (QED) is 0.789. The summed E-state index contributed by atoms with van der Waals surface area (Å²) in [6, 6.07) is 16.8. The van der Waals surface area contributed by atoms with Gasteiger partial charge in [0, 0.05) is 0 Å². The van der Waals surface area contributed by atoms with Crippen LogP contribution >= 0.6 is 0 Å². The van der Waals surface area contributed by atoms with E-state index in [0.29, 0.717) is 11.1 Å². The Hall–Kier alpha value is -2.67. The zero-order valence-electron chi connectivity index (χ0n) is 12.2. The average Bonchev–Trinajstić information content (AvgIpc) is 2.53. The molecule has 2 unspecified atom stereocenters. The van der Waals surface area contributed by atoms with E-state index < -0.39 is 23.6 Å². The second-order valence-corrected chi connectivity index (χ2v) is 4.80. The summed E-state index contributed by atoms with van der Waals surface area (Å²) in [4.78, 5) is 12.3. The van der Waals surface area contributed by atoms with E-state index in [2.05, 4.69) is 6.07 Å². The monoisotopic (exact) mass is 297 g/mol. The first kappa shape index (κ1) is 15.7. The molecule has 112 valence electrons. The predicted octanol–water partition coefficient (Wildman–Crippen LogP) is 3.78. The molecular formula is C18H16FNO2. The third-order valence-electron chi connectivity index (χ3n) is 3.38. The van der Waals surface area contributed by atoms with Gasteiger partial charge in [0.15, 0.2) is 0 Å². The Kier molecular flexibility index (Phi) is 5.26. The second-order valence-electron chi connectivity index (χ2n) is 4.80. The van der Waals surface area contributed by atoms with Crippen LogP contribution in [-0.2, 0) is 9.53 Å². The van der Waals surface area contributed by atoms with Crippen molar-refractivity contribution in [1.29, 1.82) is 5.26 Å². The van der Waals surface area contributed by atoms with Crippen molar-refractivity contribution in [2.45, 2.75) is 18.8 Å². The number of carbonyl (C=O) groups excluding carboxylic acids is 1. The van der Waals surface area contributed by atoms with Crippen LogP contribution in [0.15, 0.2) is 54.6 Å². The molecule has 0 saturated heterocycles. The first-order valence-corrected chi connectivity index (χ1v) is 7.04. The summed E-state index contributed by atoms with van der Waals surface area (Å²) < 4.78 is 18.6. The van der Waals surface area contributed by atoms with E-state index in [4.69, 9.17) is 4.74 Å². The molecule has 2 aromatic rings. The highest BCUT2D eigenvalue weighted by Crippen LogP contribution is 2.34. The van der Waals surface area contributed by atoms with E-state index in [1.165, 1.54) is 18.2 Å². The van der Waals surface area contributed by atoms with Crippen molar-refractivity contribution < 1.29 is 13.9 Å². The molecule has 0 aromatic heterocycles. The largest absolute Gasteiger partial charge is 0.465 e. The van der Waals surface area contributed by atoms with Crippen LogP contribution in [0.4, 0.5) is 4.39 Å². The number of ether oxygens (including phenoxy) is 1. The molecule has 0 aliphatic carbocycles. The van der Waals surface area contributed by atoms with Gasteiger partial charge in [0.05, 0.1) is 18.6 Å². The summed E-state index contributed by atoms with van der Waals surface area (Å²) in [5, 5.41) is 9.54. The number of halogens is 1. The van der Waals surface area contributed by atoms with Crippen molar-refractivity contribution in [3.8, 4) is 6.07 Å². The maximum Gasteiger partial charge on any atom is 0.315 e. The standard InChI is InChI=1S/C18H16FNO2/c1-2-22-18(21)17(13-7-4-3-5-8-13)16(12-20)14-9-6-10-15(19)11-14/h3-11,16-17H,2H2,1H3. The number of hydrogen-bond donors (Lipinski definition) is 0. The Morgan fingerprint density at radius 2 is 1.86 bits per heavy atom. The van der Waals surface area contributed by atoms with Gasteiger partial charge in [-0.2, -0.15) is 5.26 Å². The van der Waals surface area contributed by atoms with Crippen molar-refractivity contribution in [2.75, 3.05) is 6.61 Å². The Labute approximate surface area is 129 Å². The number of hydrogen-bond acceptors (Lipinski definition) is 3. The number of carbonyl (C=O) groups is 1. The van der Waals surface area contributed by atoms with E-state index >= 15 is 0 Å². The van der Waals surface area contributed by atoms with Crippen LogP contribution < -0.4 is 0 Å². The lowest BCUT2D eigenvalue weighted by Crippen LogP contribution is -2.22. The summed E-state index contributed by atoms with van der Waals surface area (Å²) in [7, 11) is 0. The van der Waals surface area contributed by atoms with Gasteiger partial charge in [-0.05, 0) is 30.2 Å². The number of rotatable bonds is 5. The van der Waals surface area contributed by atoms with Gasteiger partial charge < -0.3 is 4.74 Å². The molecule has 0 aliphatic heterocycles. The summed E-state index contributed by atoms with van der Waals surface area (Å²) in [6.07, 6.45) is 0. The van der Waals surface area contributed by atoms with Crippen LogP contribution in [0.2, 0.25) is 0 Å². The molecule has 2 aromatic carbocycles. The molecule has 0 bridgehead atoms. The second kappa shape index (κ2) is 7.37. The first-order chi connectivity index (χ1) is 10.7. The van der Waals surface area contributed by atoms with Gasteiger partial charge >= 0.3 is 5.97 Å². The van der Waals surface area contributed by atoms with Crippen LogP contribution in [0.25, 0.3) is 0 Å².